The molecule has 0 aliphatic carbocycles. The van der Waals surface area contributed by atoms with Gasteiger partial charge in [-0.15, -0.1) is 11.6 Å². The first-order chi connectivity index (χ1) is 5.75. The van der Waals surface area contributed by atoms with Crippen LogP contribution in [-0.4, -0.2) is 28.7 Å². The van der Waals surface area contributed by atoms with E-state index in [0.29, 0.717) is 5.88 Å². The van der Waals surface area contributed by atoms with Crippen molar-refractivity contribution in [2.24, 2.45) is 0 Å². The number of amides is 1. The molecule has 1 unspecified atom stereocenters. The van der Waals surface area contributed by atoms with Crippen molar-refractivity contribution < 1.29 is 4.79 Å². The largest absolute Gasteiger partial charge is 0.326 e. The zero-order valence-corrected chi connectivity index (χ0v) is 8.44. The van der Waals surface area contributed by atoms with Gasteiger partial charge in [0.2, 0.25) is 0 Å². The van der Waals surface area contributed by atoms with E-state index in [-0.39, 0.29) is 11.4 Å². The van der Waals surface area contributed by atoms with Gasteiger partial charge >= 0.3 is 5.37 Å². The number of nitrogens with zero attached hydrogens (tertiary/aromatic N) is 1. The van der Waals surface area contributed by atoms with Gasteiger partial charge in [-0.3, -0.25) is 4.79 Å². The Kier molecular flexibility index (Phi) is 4.16. The summed E-state index contributed by atoms with van der Waals surface area (Å²) in [5.74, 6) is 0.603. The summed E-state index contributed by atoms with van der Waals surface area (Å²) in [6, 6.07) is 0.279. The van der Waals surface area contributed by atoms with Crippen molar-refractivity contribution in [3.05, 3.63) is 0 Å². The quantitative estimate of drug-likeness (QED) is 0.390. The van der Waals surface area contributed by atoms with Crippen LogP contribution in [0.3, 0.4) is 0 Å². The summed E-state index contributed by atoms with van der Waals surface area (Å²) in [6.07, 6.45) is 4.16. The number of carbonyl (C=O) groups is 1. The molecule has 0 N–H and O–H groups in total. The lowest BCUT2D eigenvalue weighted by atomic mass is 10.0. The molecule has 1 amide bonds. The van der Waals surface area contributed by atoms with Crippen LogP contribution in [0.1, 0.15) is 25.7 Å². The van der Waals surface area contributed by atoms with Gasteiger partial charge < -0.3 is 4.90 Å². The third-order valence-electron chi connectivity index (χ3n) is 2.30. The summed E-state index contributed by atoms with van der Waals surface area (Å²) < 4.78 is 0. The Morgan fingerprint density at radius 1 is 1.50 bits per heavy atom. The highest BCUT2D eigenvalue weighted by atomic mass is 35.5. The van der Waals surface area contributed by atoms with Crippen LogP contribution in [0.4, 0.5) is 4.79 Å². The highest BCUT2D eigenvalue weighted by Crippen LogP contribution is 2.21. The third kappa shape index (κ3) is 2.53. The highest BCUT2D eigenvalue weighted by molar-refractivity contribution is 6.62. The lowest BCUT2D eigenvalue weighted by Gasteiger charge is -2.33. The summed E-state index contributed by atoms with van der Waals surface area (Å²) in [4.78, 5) is 12.7. The number of carbonyl (C=O) groups excluding carboxylic acids is 1. The minimum absolute atomic E-state index is 0.279. The second-order valence-electron chi connectivity index (χ2n) is 3.07. The number of hydrogen-bond acceptors (Lipinski definition) is 1. The minimum atomic E-state index is -0.329. The monoisotopic (exact) mass is 209 g/mol. The first-order valence-electron chi connectivity index (χ1n) is 4.27. The molecule has 0 radical (unpaired) electrons. The van der Waals surface area contributed by atoms with Gasteiger partial charge in [-0.25, -0.2) is 0 Å². The number of halogens is 2. The third-order valence-corrected chi connectivity index (χ3v) is 2.73. The maximum absolute atomic E-state index is 10.9. The molecule has 1 atom stereocenters. The molecule has 0 spiro atoms. The maximum Gasteiger partial charge on any atom is 0.316 e. The van der Waals surface area contributed by atoms with Crippen LogP contribution in [-0.2, 0) is 0 Å². The van der Waals surface area contributed by atoms with Gasteiger partial charge in [0.05, 0.1) is 0 Å². The minimum Gasteiger partial charge on any atom is -0.326 e. The van der Waals surface area contributed by atoms with Crippen LogP contribution >= 0.6 is 23.2 Å². The highest BCUT2D eigenvalue weighted by Gasteiger charge is 2.24. The molecule has 0 aromatic carbocycles. The molecule has 1 fully saturated rings. The molecule has 70 valence electrons. The molecule has 4 heteroatoms. The Balaban J connectivity index is 2.48. The predicted molar refractivity (Wildman–Crippen MR) is 50.9 cm³/mol. The molecule has 1 rings (SSSR count). The summed E-state index contributed by atoms with van der Waals surface area (Å²) in [7, 11) is 0. The van der Waals surface area contributed by atoms with E-state index in [4.69, 9.17) is 23.2 Å². The Morgan fingerprint density at radius 3 is 2.83 bits per heavy atom. The molecule has 0 aromatic heterocycles. The van der Waals surface area contributed by atoms with Gasteiger partial charge in [0.25, 0.3) is 0 Å². The Hall–Kier alpha value is 0.0500. The van der Waals surface area contributed by atoms with Crippen molar-refractivity contribution in [2.45, 2.75) is 31.7 Å². The van der Waals surface area contributed by atoms with Crippen LogP contribution in [0.5, 0.6) is 0 Å². The lowest BCUT2D eigenvalue weighted by molar-refractivity contribution is 0.170. The summed E-state index contributed by atoms with van der Waals surface area (Å²) >= 11 is 11.1. The fraction of sp³-hybridized carbons (Fsp3) is 0.875. The zero-order valence-electron chi connectivity index (χ0n) is 6.93. The molecule has 1 aliphatic rings. The van der Waals surface area contributed by atoms with E-state index in [1.807, 2.05) is 0 Å². The Labute approximate surface area is 82.8 Å². The molecule has 0 bridgehead atoms. The predicted octanol–water partition coefficient (Wildman–Crippen LogP) is 2.83. The fourth-order valence-corrected chi connectivity index (χ4v) is 2.13. The van der Waals surface area contributed by atoms with Gasteiger partial charge in [-0.2, -0.15) is 0 Å². The number of piperidine rings is 1. The second kappa shape index (κ2) is 4.93. The van der Waals surface area contributed by atoms with E-state index in [2.05, 4.69) is 0 Å². The first-order valence-corrected chi connectivity index (χ1v) is 5.19. The topological polar surface area (TPSA) is 20.3 Å². The van der Waals surface area contributed by atoms with Gasteiger partial charge in [0.15, 0.2) is 0 Å². The SMILES string of the molecule is O=C(Cl)N1CCCCC1CCCl. The molecule has 1 aliphatic heterocycles. The van der Waals surface area contributed by atoms with Crippen molar-refractivity contribution in [3.63, 3.8) is 0 Å². The van der Waals surface area contributed by atoms with E-state index in [9.17, 15) is 4.79 Å². The molecular weight excluding hydrogens is 197 g/mol. The fourth-order valence-electron chi connectivity index (χ4n) is 1.66. The van der Waals surface area contributed by atoms with E-state index in [0.717, 1.165) is 25.8 Å². The van der Waals surface area contributed by atoms with Crippen molar-refractivity contribution in [3.8, 4) is 0 Å². The van der Waals surface area contributed by atoms with Crippen LogP contribution in [0, 0.1) is 0 Å². The van der Waals surface area contributed by atoms with E-state index < -0.39 is 0 Å². The van der Waals surface area contributed by atoms with Crippen LogP contribution in [0.15, 0.2) is 0 Å². The molecular formula is C8H13Cl2NO. The average molecular weight is 210 g/mol. The number of alkyl halides is 1. The number of likely N-dealkylation sites (tertiary alicyclic amines) is 1. The molecule has 1 saturated heterocycles. The summed E-state index contributed by atoms with van der Waals surface area (Å²) in [5.41, 5.74) is 0. The van der Waals surface area contributed by atoms with Crippen LogP contribution in [0.25, 0.3) is 0 Å². The van der Waals surface area contributed by atoms with E-state index >= 15 is 0 Å². The standard InChI is InChI=1S/C8H13Cl2NO/c9-5-4-7-3-1-2-6-11(7)8(10)12/h7H,1-6H2. The van der Waals surface area contributed by atoms with Crippen LogP contribution < -0.4 is 0 Å². The van der Waals surface area contributed by atoms with Crippen molar-refractivity contribution in [1.82, 2.24) is 4.90 Å². The van der Waals surface area contributed by atoms with Crippen molar-refractivity contribution in [1.29, 1.82) is 0 Å². The number of hydrogen-bond donors (Lipinski definition) is 0. The van der Waals surface area contributed by atoms with Crippen molar-refractivity contribution in [2.75, 3.05) is 12.4 Å². The molecule has 1 heterocycles. The van der Waals surface area contributed by atoms with E-state index in [1.165, 1.54) is 6.42 Å². The van der Waals surface area contributed by atoms with Gasteiger partial charge in [-0.05, 0) is 37.3 Å². The Bertz CT molecular complexity index is 161. The molecule has 0 aromatic rings. The van der Waals surface area contributed by atoms with E-state index in [1.54, 1.807) is 4.90 Å². The summed E-state index contributed by atoms with van der Waals surface area (Å²) in [5, 5.41) is -0.329. The zero-order chi connectivity index (χ0) is 8.97. The van der Waals surface area contributed by atoms with Crippen LogP contribution in [0.2, 0.25) is 0 Å². The second-order valence-corrected chi connectivity index (χ2v) is 3.77. The maximum atomic E-state index is 10.9. The number of rotatable bonds is 2. The normalized spacial score (nSPS) is 24.2. The smallest absolute Gasteiger partial charge is 0.316 e. The molecule has 12 heavy (non-hydrogen) atoms. The molecule has 2 nitrogen and oxygen atoms in total. The summed E-state index contributed by atoms with van der Waals surface area (Å²) in [6.45, 7) is 0.796. The van der Waals surface area contributed by atoms with Gasteiger partial charge in [0.1, 0.15) is 0 Å². The first kappa shape index (κ1) is 10.1. The van der Waals surface area contributed by atoms with Gasteiger partial charge in [-0.1, -0.05) is 0 Å². The Morgan fingerprint density at radius 2 is 2.25 bits per heavy atom. The van der Waals surface area contributed by atoms with Gasteiger partial charge in [0, 0.05) is 18.5 Å². The lowest BCUT2D eigenvalue weighted by Crippen LogP contribution is -2.41. The van der Waals surface area contributed by atoms with Crippen molar-refractivity contribution >= 4 is 28.6 Å². The average Bonchev–Trinajstić information content (AvgIpc) is 2.05. The molecule has 0 saturated carbocycles.